The molecular formula is C17H19ClN2O4S. The number of sulfonamides is 1. The van der Waals surface area contributed by atoms with Crippen LogP contribution in [-0.4, -0.2) is 44.7 Å². The molecule has 6 nitrogen and oxygen atoms in total. The summed E-state index contributed by atoms with van der Waals surface area (Å²) in [7, 11) is -0.818. The van der Waals surface area contributed by atoms with Gasteiger partial charge in [-0.05, 0) is 43.3 Å². The highest BCUT2D eigenvalue weighted by Gasteiger charge is 2.21. The van der Waals surface area contributed by atoms with Gasteiger partial charge in [0.25, 0.3) is 0 Å². The van der Waals surface area contributed by atoms with Crippen LogP contribution >= 0.6 is 11.6 Å². The fraction of sp³-hybridized carbons (Fsp3) is 0.235. The molecule has 2 aromatic rings. The monoisotopic (exact) mass is 382 g/mol. The van der Waals surface area contributed by atoms with Gasteiger partial charge in [0, 0.05) is 25.9 Å². The van der Waals surface area contributed by atoms with Gasteiger partial charge in [0.15, 0.2) is 0 Å². The summed E-state index contributed by atoms with van der Waals surface area (Å²) < 4.78 is 31.0. The molecule has 2 rings (SSSR count). The van der Waals surface area contributed by atoms with Crippen molar-refractivity contribution in [3.05, 3.63) is 47.0 Å². The van der Waals surface area contributed by atoms with Crippen molar-refractivity contribution in [2.45, 2.75) is 11.8 Å². The van der Waals surface area contributed by atoms with E-state index < -0.39 is 10.0 Å². The molecule has 0 bridgehead atoms. The van der Waals surface area contributed by atoms with Crippen molar-refractivity contribution >= 4 is 33.5 Å². The summed E-state index contributed by atoms with van der Waals surface area (Å²) in [4.78, 5) is 4.20. The molecule has 1 N–H and O–H groups in total. The fourth-order valence-corrected chi connectivity index (χ4v) is 3.39. The second-order valence-corrected chi connectivity index (χ2v) is 7.84. The molecule has 0 heterocycles. The van der Waals surface area contributed by atoms with Crippen LogP contribution in [-0.2, 0) is 10.0 Å². The average molecular weight is 383 g/mol. The van der Waals surface area contributed by atoms with E-state index in [4.69, 9.17) is 16.3 Å². The van der Waals surface area contributed by atoms with Crippen LogP contribution in [0.2, 0.25) is 5.02 Å². The van der Waals surface area contributed by atoms with Crippen molar-refractivity contribution in [3.8, 4) is 11.5 Å². The largest absolute Gasteiger partial charge is 0.507 e. The molecular weight excluding hydrogens is 364 g/mol. The van der Waals surface area contributed by atoms with E-state index in [1.54, 1.807) is 18.2 Å². The molecule has 0 aliphatic carbocycles. The van der Waals surface area contributed by atoms with Crippen molar-refractivity contribution < 1.29 is 18.3 Å². The predicted octanol–water partition coefficient (Wildman–Crippen LogP) is 3.45. The Kier molecular flexibility index (Phi) is 6.05. The lowest BCUT2D eigenvalue weighted by atomic mass is 10.2. The van der Waals surface area contributed by atoms with E-state index in [1.807, 2.05) is 6.92 Å². The van der Waals surface area contributed by atoms with Crippen molar-refractivity contribution in [1.82, 2.24) is 4.31 Å². The van der Waals surface area contributed by atoms with Crippen molar-refractivity contribution in [3.63, 3.8) is 0 Å². The minimum atomic E-state index is -3.68. The molecule has 0 unspecified atom stereocenters. The number of benzene rings is 2. The van der Waals surface area contributed by atoms with Crippen molar-refractivity contribution in [2.75, 3.05) is 20.7 Å². The molecule has 0 radical (unpaired) electrons. The summed E-state index contributed by atoms with van der Waals surface area (Å²) in [6.45, 7) is 2.37. The van der Waals surface area contributed by atoms with Gasteiger partial charge < -0.3 is 9.84 Å². The third-order valence-electron chi connectivity index (χ3n) is 3.34. The zero-order valence-electron chi connectivity index (χ0n) is 14.1. The molecule has 0 saturated carbocycles. The van der Waals surface area contributed by atoms with Crippen LogP contribution in [0.25, 0.3) is 0 Å². The number of ether oxygens (including phenoxy) is 1. The maximum atomic E-state index is 12.3. The summed E-state index contributed by atoms with van der Waals surface area (Å²) in [6, 6.07) is 9.27. The molecule has 134 valence electrons. The topological polar surface area (TPSA) is 79.2 Å². The average Bonchev–Trinajstić information content (AvgIpc) is 2.56. The Hall–Kier alpha value is -2.09. The van der Waals surface area contributed by atoms with Gasteiger partial charge in [-0.1, -0.05) is 11.6 Å². The SMILES string of the molecule is CCOc1ccc(O)c(C=Nc2ccc(Cl)c(S(=O)(=O)N(C)C)c2)c1. The first-order chi connectivity index (χ1) is 11.8. The van der Waals surface area contributed by atoms with Gasteiger partial charge in [-0.2, -0.15) is 0 Å². The number of aliphatic imine (C=N–C) groups is 1. The van der Waals surface area contributed by atoms with Gasteiger partial charge in [-0.3, -0.25) is 4.99 Å². The summed E-state index contributed by atoms with van der Waals surface area (Å²) in [5.74, 6) is 0.649. The molecule has 2 aromatic carbocycles. The van der Waals surface area contributed by atoms with E-state index in [0.717, 1.165) is 4.31 Å². The Morgan fingerprint density at radius 3 is 2.60 bits per heavy atom. The molecule has 0 spiro atoms. The fourth-order valence-electron chi connectivity index (χ4n) is 2.00. The third kappa shape index (κ3) is 4.50. The van der Waals surface area contributed by atoms with Gasteiger partial charge >= 0.3 is 0 Å². The number of halogens is 1. The van der Waals surface area contributed by atoms with Crippen molar-refractivity contribution in [2.24, 2.45) is 4.99 Å². The highest BCUT2D eigenvalue weighted by molar-refractivity contribution is 7.89. The Morgan fingerprint density at radius 1 is 1.24 bits per heavy atom. The molecule has 0 aromatic heterocycles. The van der Waals surface area contributed by atoms with E-state index in [2.05, 4.69) is 4.99 Å². The number of hydrogen-bond donors (Lipinski definition) is 1. The summed E-state index contributed by atoms with van der Waals surface area (Å²) in [5.41, 5.74) is 0.851. The Bertz CT molecular complexity index is 896. The lowest BCUT2D eigenvalue weighted by Gasteiger charge is -2.13. The molecule has 0 atom stereocenters. The standard InChI is InChI=1S/C17H19ClN2O4S/c1-4-24-14-6-8-16(21)12(9-14)11-19-13-5-7-15(18)17(10-13)25(22,23)20(2)3/h5-11,21H,4H2,1-3H3. The van der Waals surface area contributed by atoms with Gasteiger partial charge in [-0.25, -0.2) is 12.7 Å². The van der Waals surface area contributed by atoms with E-state index in [-0.39, 0.29) is 15.7 Å². The molecule has 0 aliphatic heterocycles. The van der Waals surface area contributed by atoms with E-state index in [1.165, 1.54) is 38.5 Å². The quantitative estimate of drug-likeness (QED) is 0.776. The first-order valence-corrected chi connectivity index (χ1v) is 9.29. The van der Waals surface area contributed by atoms with Crippen LogP contribution in [0.15, 0.2) is 46.3 Å². The summed E-state index contributed by atoms with van der Waals surface area (Å²) >= 11 is 6.01. The summed E-state index contributed by atoms with van der Waals surface area (Å²) in [6.07, 6.45) is 1.44. The van der Waals surface area contributed by atoms with Crippen LogP contribution in [0.5, 0.6) is 11.5 Å². The van der Waals surface area contributed by atoms with Crippen LogP contribution in [0.3, 0.4) is 0 Å². The number of nitrogens with zero attached hydrogens (tertiary/aromatic N) is 2. The van der Waals surface area contributed by atoms with Crippen molar-refractivity contribution in [1.29, 1.82) is 0 Å². The third-order valence-corrected chi connectivity index (χ3v) is 5.63. The van der Waals surface area contributed by atoms with Crippen LogP contribution in [0, 0.1) is 0 Å². The molecule has 25 heavy (non-hydrogen) atoms. The van der Waals surface area contributed by atoms with Crippen LogP contribution in [0.1, 0.15) is 12.5 Å². The first-order valence-electron chi connectivity index (χ1n) is 7.47. The second-order valence-electron chi connectivity index (χ2n) is 5.31. The molecule has 0 saturated heterocycles. The number of hydrogen-bond acceptors (Lipinski definition) is 5. The van der Waals surface area contributed by atoms with Crippen LogP contribution in [0.4, 0.5) is 5.69 Å². The maximum Gasteiger partial charge on any atom is 0.244 e. The Labute approximate surface area is 152 Å². The van der Waals surface area contributed by atoms with Gasteiger partial charge in [0.1, 0.15) is 16.4 Å². The van der Waals surface area contributed by atoms with Gasteiger partial charge in [-0.15, -0.1) is 0 Å². The smallest absolute Gasteiger partial charge is 0.244 e. The lowest BCUT2D eigenvalue weighted by Crippen LogP contribution is -2.22. The normalized spacial score (nSPS) is 12.0. The predicted molar refractivity (Wildman–Crippen MR) is 98.9 cm³/mol. The van der Waals surface area contributed by atoms with E-state index >= 15 is 0 Å². The maximum absolute atomic E-state index is 12.3. The Balaban J connectivity index is 2.39. The number of phenols is 1. The number of aromatic hydroxyl groups is 1. The van der Waals surface area contributed by atoms with Gasteiger partial charge in [0.05, 0.1) is 17.3 Å². The molecule has 0 fully saturated rings. The minimum absolute atomic E-state index is 0.0268. The highest BCUT2D eigenvalue weighted by Crippen LogP contribution is 2.28. The summed E-state index contributed by atoms with van der Waals surface area (Å²) in [5, 5.41) is 10.0. The number of phenolic OH excluding ortho intramolecular Hbond substituents is 1. The number of rotatable bonds is 6. The Morgan fingerprint density at radius 2 is 1.96 bits per heavy atom. The molecule has 8 heteroatoms. The zero-order chi connectivity index (χ0) is 18.6. The first kappa shape index (κ1) is 19.2. The minimum Gasteiger partial charge on any atom is -0.507 e. The van der Waals surface area contributed by atoms with Crippen LogP contribution < -0.4 is 4.74 Å². The zero-order valence-corrected chi connectivity index (χ0v) is 15.7. The molecule has 0 amide bonds. The second kappa shape index (κ2) is 7.86. The highest BCUT2D eigenvalue weighted by atomic mass is 35.5. The van der Waals surface area contributed by atoms with E-state index in [9.17, 15) is 13.5 Å². The molecule has 0 aliphatic rings. The van der Waals surface area contributed by atoms with E-state index in [0.29, 0.717) is 23.6 Å². The lowest BCUT2D eigenvalue weighted by molar-refractivity contribution is 0.339. The van der Waals surface area contributed by atoms with Gasteiger partial charge in [0.2, 0.25) is 10.0 Å².